The smallest absolute Gasteiger partial charge is 0.417 e. The van der Waals surface area contributed by atoms with Crippen LogP contribution in [0.1, 0.15) is 41.9 Å². The third kappa shape index (κ3) is 5.52. The molecule has 4 aromatic rings. The minimum Gasteiger partial charge on any atom is -0.477 e. The Labute approximate surface area is 291 Å². The number of anilines is 2. The Kier molecular flexibility index (Phi) is 8.22. The number of carboxylic acid groups (broad SMARTS) is 1. The van der Waals surface area contributed by atoms with Crippen LogP contribution in [0, 0.1) is 18.3 Å². The second-order valence-electron chi connectivity index (χ2n) is 13.2. The summed E-state index contributed by atoms with van der Waals surface area (Å²) in [4.78, 5) is 68.5. The zero-order valence-electron chi connectivity index (χ0n) is 28.6. The molecule has 5 heterocycles. The summed E-state index contributed by atoms with van der Waals surface area (Å²) >= 11 is 0. The van der Waals surface area contributed by atoms with Gasteiger partial charge >= 0.3 is 18.0 Å². The lowest BCUT2D eigenvalue weighted by Crippen LogP contribution is -2.35. The van der Waals surface area contributed by atoms with Crippen molar-refractivity contribution in [1.82, 2.24) is 19.4 Å². The van der Waals surface area contributed by atoms with E-state index in [1.54, 1.807) is 25.5 Å². The number of carbonyl (C=O) groups is 3. The van der Waals surface area contributed by atoms with Crippen LogP contribution >= 0.6 is 0 Å². The maximum absolute atomic E-state index is 16.0. The van der Waals surface area contributed by atoms with Crippen LogP contribution in [0.5, 0.6) is 0 Å². The average molecular weight is 696 g/mol. The number of aryl methyl sites for hydroxylation is 1. The van der Waals surface area contributed by atoms with Crippen LogP contribution in [0.15, 0.2) is 35.5 Å². The standard InChI is InChI=1S/C36H34FN7O7/c1-17(45)50-18(2)51-36(49)43(6)27-11-25(37)31(38-3)29-21(27)10-26-30(29)32(44-8-7-19-14-41(4)16-28(19)44)23(13-39-26)20-9-22-33(46)24(35(47)48)15-42(5)34(22)40-12-20/h9,11-13,15,18-19,28H,7-8,10,14,16H2,1-2,4-6H3,(H,47,48)/t18?,19-,28+/m0/s1. The number of rotatable bonds is 6. The Balaban J connectivity index is 1.46. The SMILES string of the molecule is [C-]#[N+]c1c(F)cc(N(C)C(=O)OC(C)OC(C)=O)c2c1-c1c(ncc(-c3cnc4c(c3)c(=O)c(C(=O)O)cn4C)c1N1CC[C@H]3CN(C)C[C@H]31)C2. The van der Waals surface area contributed by atoms with Crippen LogP contribution in [0.25, 0.3) is 38.1 Å². The topological polar surface area (TPSA) is 152 Å². The lowest BCUT2D eigenvalue weighted by molar-refractivity contribution is -0.161. The first-order chi connectivity index (χ1) is 24.3. The molecule has 7 rings (SSSR count). The Morgan fingerprint density at radius 2 is 1.90 bits per heavy atom. The maximum Gasteiger partial charge on any atom is 0.417 e. The van der Waals surface area contributed by atoms with Gasteiger partial charge in [-0.3, -0.25) is 19.5 Å². The molecule has 1 aliphatic carbocycles. The molecule has 14 nitrogen and oxygen atoms in total. The molecule has 2 aliphatic heterocycles. The summed E-state index contributed by atoms with van der Waals surface area (Å²) in [7, 11) is 5.08. The second-order valence-corrected chi connectivity index (χ2v) is 13.2. The number of esters is 1. The van der Waals surface area contributed by atoms with Gasteiger partial charge in [-0.25, -0.2) is 23.8 Å². The molecule has 1 N–H and O–H groups in total. The molecule has 1 aromatic carbocycles. The zero-order chi connectivity index (χ0) is 36.5. The fourth-order valence-electron chi connectivity index (χ4n) is 7.83. The third-order valence-electron chi connectivity index (χ3n) is 9.98. The van der Waals surface area contributed by atoms with Crippen molar-refractivity contribution in [2.24, 2.45) is 13.0 Å². The number of carbonyl (C=O) groups excluding carboxylic acids is 2. The number of halogens is 1. The summed E-state index contributed by atoms with van der Waals surface area (Å²) in [5, 5.41) is 9.83. The normalized spacial score (nSPS) is 18.2. The highest BCUT2D eigenvalue weighted by molar-refractivity contribution is 6.04. The number of amides is 1. The lowest BCUT2D eigenvalue weighted by atomic mass is 9.95. The molecule has 3 aromatic heterocycles. The minimum absolute atomic E-state index is 0.0917. The molecule has 1 unspecified atom stereocenters. The van der Waals surface area contributed by atoms with Crippen molar-refractivity contribution < 1.29 is 33.4 Å². The van der Waals surface area contributed by atoms with Gasteiger partial charge in [0, 0.05) is 101 Å². The summed E-state index contributed by atoms with van der Waals surface area (Å²) in [6, 6.07) is 2.82. The number of aromatic nitrogens is 3. The number of ether oxygens (including phenoxy) is 2. The number of pyridine rings is 3. The molecular weight excluding hydrogens is 661 g/mol. The number of carboxylic acids is 1. The molecule has 0 bridgehead atoms. The number of hydrogen-bond acceptors (Lipinski definition) is 10. The van der Waals surface area contributed by atoms with Crippen molar-refractivity contribution >= 4 is 46.1 Å². The first-order valence-corrected chi connectivity index (χ1v) is 16.3. The first-order valence-electron chi connectivity index (χ1n) is 16.3. The number of benzene rings is 1. The van der Waals surface area contributed by atoms with Crippen molar-refractivity contribution in [3.63, 3.8) is 0 Å². The van der Waals surface area contributed by atoms with Crippen molar-refractivity contribution in [3.8, 4) is 22.3 Å². The van der Waals surface area contributed by atoms with Crippen molar-refractivity contribution in [2.75, 3.05) is 43.5 Å². The second kappa shape index (κ2) is 12.5. The first kappa shape index (κ1) is 33.6. The zero-order valence-corrected chi connectivity index (χ0v) is 28.6. The van der Waals surface area contributed by atoms with Gasteiger partial charge in [-0.05, 0) is 37.1 Å². The summed E-state index contributed by atoms with van der Waals surface area (Å²) in [6.07, 6.45) is 3.49. The van der Waals surface area contributed by atoms with Crippen molar-refractivity contribution in [1.29, 1.82) is 0 Å². The van der Waals surface area contributed by atoms with Gasteiger partial charge in [0.05, 0.1) is 29.0 Å². The number of hydrogen-bond donors (Lipinski definition) is 1. The lowest BCUT2D eigenvalue weighted by Gasteiger charge is -2.31. The number of nitrogens with zero attached hydrogens (tertiary/aromatic N) is 7. The molecule has 0 radical (unpaired) electrons. The molecule has 51 heavy (non-hydrogen) atoms. The van der Waals surface area contributed by atoms with E-state index >= 15 is 4.39 Å². The number of fused-ring (bicyclic) bond motifs is 5. The van der Waals surface area contributed by atoms with Gasteiger partial charge in [-0.1, -0.05) is 0 Å². The fourth-order valence-corrected chi connectivity index (χ4v) is 7.83. The van der Waals surface area contributed by atoms with Gasteiger partial charge in [0.25, 0.3) is 0 Å². The molecule has 3 atom stereocenters. The Hall–Kier alpha value is -5.88. The van der Waals surface area contributed by atoms with Crippen molar-refractivity contribution in [2.45, 2.75) is 39.0 Å². The molecule has 15 heteroatoms. The van der Waals surface area contributed by atoms with Crippen LogP contribution in [-0.2, 0) is 27.7 Å². The molecule has 0 saturated carbocycles. The molecule has 2 fully saturated rings. The third-order valence-corrected chi connectivity index (χ3v) is 9.98. The number of likely N-dealkylation sites (tertiary alicyclic amines) is 1. The molecule has 0 spiro atoms. The molecule has 3 aliphatic rings. The van der Waals surface area contributed by atoms with E-state index in [4.69, 9.17) is 21.0 Å². The molecule has 262 valence electrons. The maximum atomic E-state index is 16.0. The molecule has 2 saturated heterocycles. The largest absolute Gasteiger partial charge is 0.477 e. The van der Waals surface area contributed by atoms with Crippen LogP contribution in [-0.4, -0.2) is 88.6 Å². The van der Waals surface area contributed by atoms with E-state index < -0.39 is 41.1 Å². The fraction of sp³-hybridized carbons (Fsp3) is 0.361. The van der Waals surface area contributed by atoms with Gasteiger partial charge in [0.2, 0.25) is 17.4 Å². The van der Waals surface area contributed by atoms with E-state index in [1.807, 2.05) is 0 Å². The van der Waals surface area contributed by atoms with E-state index in [2.05, 4.69) is 26.7 Å². The van der Waals surface area contributed by atoms with Gasteiger partial charge in [0.1, 0.15) is 17.0 Å². The van der Waals surface area contributed by atoms with Crippen LogP contribution in [0.3, 0.4) is 0 Å². The van der Waals surface area contributed by atoms with Crippen molar-refractivity contribution in [3.05, 3.63) is 75.0 Å². The van der Waals surface area contributed by atoms with Crippen LogP contribution in [0.4, 0.5) is 26.2 Å². The Morgan fingerprint density at radius 1 is 1.14 bits per heavy atom. The predicted molar refractivity (Wildman–Crippen MR) is 184 cm³/mol. The monoisotopic (exact) mass is 695 g/mol. The summed E-state index contributed by atoms with van der Waals surface area (Å²) in [5.41, 5.74) is 2.87. The highest BCUT2D eigenvalue weighted by atomic mass is 19.1. The molecular formula is C36H34FN7O7. The Bertz CT molecular complexity index is 2280. The number of likely N-dealkylation sites (N-methyl/N-ethyl adjacent to an activating group) is 1. The van der Waals surface area contributed by atoms with Gasteiger partial charge in [-0.2, -0.15) is 0 Å². The van der Waals surface area contributed by atoms with E-state index in [9.17, 15) is 24.3 Å². The van der Waals surface area contributed by atoms with E-state index in [0.29, 0.717) is 57.3 Å². The van der Waals surface area contributed by atoms with Gasteiger partial charge in [-0.15, -0.1) is 0 Å². The predicted octanol–water partition coefficient (Wildman–Crippen LogP) is 4.58. The quantitative estimate of drug-likeness (QED) is 0.151. The average Bonchev–Trinajstić information content (AvgIpc) is 3.76. The number of aromatic carboxylic acids is 1. The van der Waals surface area contributed by atoms with E-state index in [0.717, 1.165) is 30.5 Å². The molecule has 1 amide bonds. The minimum atomic E-state index is -1.35. The van der Waals surface area contributed by atoms with E-state index in [1.165, 1.54) is 31.7 Å². The summed E-state index contributed by atoms with van der Waals surface area (Å²) in [5.74, 6) is -2.48. The summed E-state index contributed by atoms with van der Waals surface area (Å²) in [6.45, 7) is 12.9. The Morgan fingerprint density at radius 3 is 2.61 bits per heavy atom. The van der Waals surface area contributed by atoms with Gasteiger partial charge < -0.3 is 28.9 Å². The van der Waals surface area contributed by atoms with Crippen LogP contribution < -0.4 is 15.2 Å². The summed E-state index contributed by atoms with van der Waals surface area (Å²) < 4.78 is 27.7. The van der Waals surface area contributed by atoms with E-state index in [-0.39, 0.29) is 29.2 Å². The highest BCUT2D eigenvalue weighted by Crippen LogP contribution is 2.55. The highest BCUT2D eigenvalue weighted by Gasteiger charge is 2.44. The van der Waals surface area contributed by atoms with Crippen LogP contribution in [0.2, 0.25) is 0 Å². The van der Waals surface area contributed by atoms with Gasteiger partial charge in [0.15, 0.2) is 0 Å².